The number of aromatic nitrogens is 3. The van der Waals surface area contributed by atoms with E-state index >= 15 is 0 Å². The molecule has 3 heterocycles. The molecule has 4 aromatic rings. The van der Waals surface area contributed by atoms with Crippen LogP contribution >= 0.6 is 11.3 Å². The summed E-state index contributed by atoms with van der Waals surface area (Å²) in [6.07, 6.45) is 3.32. The molecule has 0 radical (unpaired) electrons. The van der Waals surface area contributed by atoms with Gasteiger partial charge in [0.15, 0.2) is 0 Å². The molecule has 120 valence electrons. The molecular formula is C17H15N5OS. The van der Waals surface area contributed by atoms with Crippen LogP contribution in [-0.4, -0.2) is 28.6 Å². The van der Waals surface area contributed by atoms with Gasteiger partial charge in [-0.3, -0.25) is 9.36 Å². The van der Waals surface area contributed by atoms with Crippen LogP contribution in [0.1, 0.15) is 0 Å². The van der Waals surface area contributed by atoms with Crippen LogP contribution in [0.2, 0.25) is 0 Å². The summed E-state index contributed by atoms with van der Waals surface area (Å²) in [5.74, 6) is 0. The molecule has 0 atom stereocenters. The van der Waals surface area contributed by atoms with Crippen LogP contribution in [0.15, 0.2) is 47.7 Å². The number of pyridine rings is 1. The first kappa shape index (κ1) is 14.6. The summed E-state index contributed by atoms with van der Waals surface area (Å²) < 4.78 is 2.14. The maximum Gasteiger partial charge on any atom is 0.275 e. The Morgan fingerprint density at radius 1 is 1.12 bits per heavy atom. The number of hydrogen-bond acceptors (Lipinski definition) is 6. The lowest BCUT2D eigenvalue weighted by atomic mass is 10.2. The van der Waals surface area contributed by atoms with Gasteiger partial charge in [0, 0.05) is 26.0 Å². The Labute approximate surface area is 141 Å². The molecule has 0 aliphatic carbocycles. The van der Waals surface area contributed by atoms with Gasteiger partial charge in [-0.1, -0.05) is 0 Å². The molecule has 1 aromatic carbocycles. The SMILES string of the molecule is CN(C)c1ccnc2sc3c(=O)n(-c4ccc(N)cc4)cnc3c12. The molecule has 0 bridgehead atoms. The molecule has 4 rings (SSSR count). The van der Waals surface area contributed by atoms with E-state index < -0.39 is 0 Å². The number of fused-ring (bicyclic) bond motifs is 3. The average Bonchev–Trinajstić information content (AvgIpc) is 2.96. The number of thiophene rings is 1. The highest BCUT2D eigenvalue weighted by Gasteiger charge is 2.16. The van der Waals surface area contributed by atoms with Crippen molar-refractivity contribution in [3.8, 4) is 5.69 Å². The average molecular weight is 337 g/mol. The number of nitrogen functional groups attached to an aromatic ring is 1. The third-order valence-electron chi connectivity index (χ3n) is 3.91. The largest absolute Gasteiger partial charge is 0.399 e. The Bertz CT molecular complexity index is 1110. The second-order valence-corrected chi connectivity index (χ2v) is 6.69. The first-order valence-electron chi connectivity index (χ1n) is 7.38. The van der Waals surface area contributed by atoms with E-state index in [1.807, 2.05) is 25.1 Å². The zero-order valence-electron chi connectivity index (χ0n) is 13.2. The lowest BCUT2D eigenvalue weighted by molar-refractivity contribution is 0.968. The van der Waals surface area contributed by atoms with E-state index in [1.54, 1.807) is 36.8 Å². The molecule has 0 aliphatic rings. The number of rotatable bonds is 2. The number of benzene rings is 1. The van der Waals surface area contributed by atoms with Crippen LogP contribution in [0.4, 0.5) is 11.4 Å². The number of nitrogens with zero attached hydrogens (tertiary/aromatic N) is 4. The minimum atomic E-state index is -0.0996. The first-order valence-corrected chi connectivity index (χ1v) is 8.20. The van der Waals surface area contributed by atoms with E-state index in [4.69, 9.17) is 5.73 Å². The molecule has 0 amide bonds. The zero-order chi connectivity index (χ0) is 16.8. The maximum atomic E-state index is 12.9. The van der Waals surface area contributed by atoms with Gasteiger partial charge < -0.3 is 10.6 Å². The monoisotopic (exact) mass is 337 g/mol. The van der Waals surface area contributed by atoms with E-state index in [0.717, 1.165) is 21.6 Å². The zero-order valence-corrected chi connectivity index (χ0v) is 14.0. The molecule has 0 unspecified atom stereocenters. The minimum Gasteiger partial charge on any atom is -0.399 e. The lowest BCUT2D eigenvalue weighted by Crippen LogP contribution is -2.17. The van der Waals surface area contributed by atoms with Gasteiger partial charge in [-0.15, -0.1) is 11.3 Å². The second-order valence-electron chi connectivity index (χ2n) is 5.70. The third kappa shape index (κ3) is 2.13. The van der Waals surface area contributed by atoms with Gasteiger partial charge in [0.1, 0.15) is 15.9 Å². The van der Waals surface area contributed by atoms with Gasteiger partial charge in [-0.05, 0) is 30.3 Å². The summed E-state index contributed by atoms with van der Waals surface area (Å²) in [6, 6.07) is 9.08. The Hall–Kier alpha value is -2.93. The fourth-order valence-electron chi connectivity index (χ4n) is 2.73. The number of hydrogen-bond donors (Lipinski definition) is 1. The normalized spacial score (nSPS) is 11.2. The van der Waals surface area contributed by atoms with Crippen LogP contribution in [0.25, 0.3) is 26.1 Å². The van der Waals surface area contributed by atoms with Crippen molar-refractivity contribution in [3.05, 3.63) is 53.2 Å². The Morgan fingerprint density at radius 3 is 2.58 bits per heavy atom. The van der Waals surface area contributed by atoms with E-state index in [0.29, 0.717) is 15.9 Å². The predicted octanol–water partition coefficient (Wildman–Crippen LogP) is 2.64. The van der Waals surface area contributed by atoms with Crippen molar-refractivity contribution in [3.63, 3.8) is 0 Å². The smallest absolute Gasteiger partial charge is 0.275 e. The van der Waals surface area contributed by atoms with Gasteiger partial charge in [-0.25, -0.2) is 9.97 Å². The highest BCUT2D eigenvalue weighted by molar-refractivity contribution is 7.25. The fraction of sp³-hybridized carbons (Fsp3) is 0.118. The van der Waals surface area contributed by atoms with Crippen LogP contribution in [0, 0.1) is 0 Å². The quantitative estimate of drug-likeness (QED) is 0.569. The van der Waals surface area contributed by atoms with Gasteiger partial charge >= 0.3 is 0 Å². The van der Waals surface area contributed by atoms with Crippen molar-refractivity contribution in [2.24, 2.45) is 0 Å². The topological polar surface area (TPSA) is 77.0 Å². The van der Waals surface area contributed by atoms with Gasteiger partial charge in [0.05, 0.1) is 22.3 Å². The van der Waals surface area contributed by atoms with E-state index in [-0.39, 0.29) is 5.56 Å². The molecule has 0 aliphatic heterocycles. The van der Waals surface area contributed by atoms with Crippen molar-refractivity contribution < 1.29 is 0 Å². The minimum absolute atomic E-state index is 0.0996. The standard InChI is InChI=1S/C17H15N5OS/c1-21(2)12-7-8-19-16-13(12)14-15(24-16)17(23)22(9-20-14)11-5-3-10(18)4-6-11/h3-9H,18H2,1-2H3. The van der Waals surface area contributed by atoms with Crippen molar-refractivity contribution in [2.45, 2.75) is 0 Å². The van der Waals surface area contributed by atoms with Crippen molar-refractivity contribution in [1.82, 2.24) is 14.5 Å². The highest BCUT2D eigenvalue weighted by atomic mass is 32.1. The maximum absolute atomic E-state index is 12.9. The predicted molar refractivity (Wildman–Crippen MR) is 99.3 cm³/mol. The van der Waals surface area contributed by atoms with E-state index in [1.165, 1.54) is 15.9 Å². The Kier molecular flexibility index (Phi) is 3.24. The number of anilines is 2. The molecule has 3 aromatic heterocycles. The van der Waals surface area contributed by atoms with Gasteiger partial charge in [0.2, 0.25) is 0 Å². The number of nitrogens with two attached hydrogens (primary N) is 1. The molecular weight excluding hydrogens is 322 g/mol. The highest BCUT2D eigenvalue weighted by Crippen LogP contribution is 2.35. The molecule has 0 saturated carbocycles. The van der Waals surface area contributed by atoms with Crippen molar-refractivity contribution >= 4 is 43.1 Å². The van der Waals surface area contributed by atoms with Crippen molar-refractivity contribution in [1.29, 1.82) is 0 Å². The Morgan fingerprint density at radius 2 is 1.88 bits per heavy atom. The van der Waals surface area contributed by atoms with E-state index in [9.17, 15) is 4.79 Å². The summed E-state index contributed by atoms with van der Waals surface area (Å²) in [4.78, 5) is 24.7. The summed E-state index contributed by atoms with van der Waals surface area (Å²) in [5.41, 5.74) is 8.71. The fourth-order valence-corrected chi connectivity index (χ4v) is 3.78. The van der Waals surface area contributed by atoms with Crippen LogP contribution in [0.3, 0.4) is 0 Å². The molecule has 0 spiro atoms. The van der Waals surface area contributed by atoms with Crippen LogP contribution in [-0.2, 0) is 0 Å². The van der Waals surface area contributed by atoms with Crippen LogP contribution in [0.5, 0.6) is 0 Å². The lowest BCUT2D eigenvalue weighted by Gasteiger charge is -2.13. The molecule has 7 heteroatoms. The van der Waals surface area contributed by atoms with Gasteiger partial charge in [0.25, 0.3) is 5.56 Å². The molecule has 0 fully saturated rings. The Balaban J connectivity index is 2.04. The summed E-state index contributed by atoms with van der Waals surface area (Å²) in [7, 11) is 3.93. The summed E-state index contributed by atoms with van der Waals surface area (Å²) in [5, 5.41) is 0.920. The third-order valence-corrected chi connectivity index (χ3v) is 4.99. The first-order chi connectivity index (χ1) is 11.6. The van der Waals surface area contributed by atoms with Crippen molar-refractivity contribution in [2.75, 3.05) is 24.7 Å². The van der Waals surface area contributed by atoms with E-state index in [2.05, 4.69) is 9.97 Å². The summed E-state index contributed by atoms with van der Waals surface area (Å²) in [6.45, 7) is 0. The second kappa shape index (κ2) is 5.31. The molecule has 2 N–H and O–H groups in total. The van der Waals surface area contributed by atoms with Crippen LogP contribution < -0.4 is 16.2 Å². The molecule has 24 heavy (non-hydrogen) atoms. The molecule has 6 nitrogen and oxygen atoms in total. The summed E-state index contributed by atoms with van der Waals surface area (Å²) >= 11 is 1.37. The molecule has 0 saturated heterocycles. The van der Waals surface area contributed by atoms with Gasteiger partial charge in [-0.2, -0.15) is 0 Å².